The number of carbonyl (C=O) groups excluding carboxylic acids is 1. The summed E-state index contributed by atoms with van der Waals surface area (Å²) in [5.74, 6) is -0.0790. The number of ether oxygens (including phenoxy) is 1. The monoisotopic (exact) mass is 288 g/mol. The van der Waals surface area contributed by atoms with E-state index < -0.39 is 0 Å². The molecule has 68 valence electrons. The normalized spacial score (nSPS) is 21.6. The van der Waals surface area contributed by atoms with Crippen molar-refractivity contribution in [2.45, 2.75) is 18.9 Å². The Bertz CT molecular complexity index is 335. The van der Waals surface area contributed by atoms with Crippen molar-refractivity contribution >= 4 is 28.6 Å². The SMILES string of the molecule is O=C1CC[C@@H](c2ccccc2I)O1. The molecule has 2 rings (SSSR count). The van der Waals surface area contributed by atoms with Gasteiger partial charge in [-0.25, -0.2) is 0 Å². The fourth-order valence-corrected chi connectivity index (χ4v) is 2.22. The minimum atomic E-state index is -0.0790. The van der Waals surface area contributed by atoms with Crippen molar-refractivity contribution < 1.29 is 9.53 Å². The Morgan fingerprint density at radius 3 is 2.77 bits per heavy atom. The molecule has 1 atom stereocenters. The van der Waals surface area contributed by atoms with E-state index in [-0.39, 0.29) is 12.1 Å². The molecule has 1 fully saturated rings. The Hall–Kier alpha value is -0.580. The zero-order valence-corrected chi connectivity index (χ0v) is 9.15. The first kappa shape index (κ1) is 8.99. The topological polar surface area (TPSA) is 26.3 Å². The van der Waals surface area contributed by atoms with Crippen LogP contribution in [0.2, 0.25) is 0 Å². The molecular formula is C10H9IO2. The van der Waals surface area contributed by atoms with Gasteiger partial charge in [0.2, 0.25) is 0 Å². The third-order valence-corrected chi connectivity index (χ3v) is 3.12. The number of cyclic esters (lactones) is 1. The van der Waals surface area contributed by atoms with Crippen LogP contribution in [0.1, 0.15) is 24.5 Å². The molecule has 0 unspecified atom stereocenters. The van der Waals surface area contributed by atoms with E-state index >= 15 is 0 Å². The van der Waals surface area contributed by atoms with Crippen molar-refractivity contribution in [1.82, 2.24) is 0 Å². The summed E-state index contributed by atoms with van der Waals surface area (Å²) in [7, 11) is 0. The second-order valence-corrected chi connectivity index (χ2v) is 4.20. The molecule has 1 aromatic carbocycles. The van der Waals surface area contributed by atoms with Gasteiger partial charge in [-0.15, -0.1) is 0 Å². The minimum Gasteiger partial charge on any atom is -0.457 e. The molecule has 1 aliphatic rings. The minimum absolute atomic E-state index is 0.0133. The van der Waals surface area contributed by atoms with Gasteiger partial charge < -0.3 is 4.74 Å². The van der Waals surface area contributed by atoms with Gasteiger partial charge in [-0.2, -0.15) is 0 Å². The maximum Gasteiger partial charge on any atom is 0.306 e. The fraction of sp³-hybridized carbons (Fsp3) is 0.300. The number of carbonyl (C=O) groups is 1. The molecule has 1 saturated heterocycles. The van der Waals surface area contributed by atoms with E-state index in [2.05, 4.69) is 22.6 Å². The maximum atomic E-state index is 10.9. The van der Waals surface area contributed by atoms with E-state index in [0.717, 1.165) is 12.0 Å². The predicted molar refractivity (Wildman–Crippen MR) is 57.2 cm³/mol. The van der Waals surface area contributed by atoms with Gasteiger partial charge in [0, 0.05) is 15.6 Å². The molecule has 13 heavy (non-hydrogen) atoms. The van der Waals surface area contributed by atoms with Crippen LogP contribution in [0.4, 0.5) is 0 Å². The van der Waals surface area contributed by atoms with Crippen LogP contribution in [0.25, 0.3) is 0 Å². The number of hydrogen-bond acceptors (Lipinski definition) is 2. The van der Waals surface area contributed by atoms with Gasteiger partial charge in [0.15, 0.2) is 0 Å². The van der Waals surface area contributed by atoms with Crippen LogP contribution >= 0.6 is 22.6 Å². The van der Waals surface area contributed by atoms with Crippen LogP contribution in [0, 0.1) is 3.57 Å². The molecule has 0 spiro atoms. The lowest BCUT2D eigenvalue weighted by Crippen LogP contribution is -2.00. The Morgan fingerprint density at radius 1 is 1.38 bits per heavy atom. The maximum absolute atomic E-state index is 10.9. The molecule has 0 aromatic heterocycles. The molecule has 3 heteroatoms. The van der Waals surface area contributed by atoms with Crippen LogP contribution in [0.3, 0.4) is 0 Å². The van der Waals surface area contributed by atoms with E-state index in [1.165, 1.54) is 3.57 Å². The highest BCUT2D eigenvalue weighted by atomic mass is 127. The van der Waals surface area contributed by atoms with E-state index in [1.807, 2.05) is 24.3 Å². The van der Waals surface area contributed by atoms with Crippen LogP contribution in [0.5, 0.6) is 0 Å². The highest BCUT2D eigenvalue weighted by molar-refractivity contribution is 14.1. The highest BCUT2D eigenvalue weighted by Crippen LogP contribution is 2.31. The smallest absolute Gasteiger partial charge is 0.306 e. The zero-order chi connectivity index (χ0) is 9.26. The second kappa shape index (κ2) is 3.65. The largest absolute Gasteiger partial charge is 0.457 e. The Kier molecular flexibility index (Phi) is 2.53. The molecular weight excluding hydrogens is 279 g/mol. The zero-order valence-electron chi connectivity index (χ0n) is 7.00. The molecule has 0 N–H and O–H groups in total. The van der Waals surface area contributed by atoms with Crippen LogP contribution in [-0.4, -0.2) is 5.97 Å². The van der Waals surface area contributed by atoms with Crippen LogP contribution in [0.15, 0.2) is 24.3 Å². The predicted octanol–water partition coefficient (Wildman–Crippen LogP) is 2.67. The summed E-state index contributed by atoms with van der Waals surface area (Å²) in [4.78, 5) is 10.9. The van der Waals surface area contributed by atoms with E-state index in [4.69, 9.17) is 4.74 Å². The van der Waals surface area contributed by atoms with E-state index in [1.54, 1.807) is 0 Å². The first-order valence-electron chi connectivity index (χ1n) is 4.21. The summed E-state index contributed by atoms with van der Waals surface area (Å²) in [6.45, 7) is 0. The van der Waals surface area contributed by atoms with Gasteiger partial charge in [0.1, 0.15) is 6.10 Å². The molecule has 1 aliphatic heterocycles. The number of benzene rings is 1. The average molecular weight is 288 g/mol. The van der Waals surface area contributed by atoms with E-state index in [9.17, 15) is 4.79 Å². The van der Waals surface area contributed by atoms with Crippen LogP contribution < -0.4 is 0 Å². The lowest BCUT2D eigenvalue weighted by molar-refractivity contribution is -0.141. The summed E-state index contributed by atoms with van der Waals surface area (Å²) in [6, 6.07) is 8.01. The van der Waals surface area contributed by atoms with Crippen LogP contribution in [-0.2, 0) is 9.53 Å². The third kappa shape index (κ3) is 1.85. The molecule has 2 nitrogen and oxygen atoms in total. The van der Waals surface area contributed by atoms with Gasteiger partial charge in [-0.05, 0) is 35.1 Å². The molecule has 0 aliphatic carbocycles. The molecule has 0 saturated carbocycles. The van der Waals surface area contributed by atoms with E-state index in [0.29, 0.717) is 6.42 Å². The quantitative estimate of drug-likeness (QED) is 0.586. The molecule has 0 radical (unpaired) electrons. The lowest BCUT2D eigenvalue weighted by Gasteiger charge is -2.10. The van der Waals surface area contributed by atoms with Crippen molar-refractivity contribution in [3.05, 3.63) is 33.4 Å². The van der Waals surface area contributed by atoms with Crippen molar-refractivity contribution in [2.75, 3.05) is 0 Å². The van der Waals surface area contributed by atoms with Crippen molar-refractivity contribution in [2.24, 2.45) is 0 Å². The Morgan fingerprint density at radius 2 is 2.15 bits per heavy atom. The van der Waals surface area contributed by atoms with Gasteiger partial charge >= 0.3 is 5.97 Å². The van der Waals surface area contributed by atoms with Gasteiger partial charge in [-0.3, -0.25) is 4.79 Å². The van der Waals surface area contributed by atoms with Gasteiger partial charge in [-0.1, -0.05) is 18.2 Å². The number of halogens is 1. The lowest BCUT2D eigenvalue weighted by atomic mass is 10.1. The van der Waals surface area contributed by atoms with Crippen molar-refractivity contribution in [3.8, 4) is 0 Å². The summed E-state index contributed by atoms with van der Waals surface area (Å²) in [5.41, 5.74) is 1.13. The number of esters is 1. The molecule has 0 amide bonds. The Balaban J connectivity index is 2.26. The molecule has 1 aromatic rings. The summed E-state index contributed by atoms with van der Waals surface area (Å²) in [5, 5.41) is 0. The standard InChI is InChI=1S/C10H9IO2/c11-8-4-2-1-3-7(8)9-5-6-10(12)13-9/h1-4,9H,5-6H2/t9-/m0/s1. The molecule has 0 bridgehead atoms. The Labute approximate surface area is 90.4 Å². The number of rotatable bonds is 1. The highest BCUT2D eigenvalue weighted by Gasteiger charge is 2.25. The first-order valence-corrected chi connectivity index (χ1v) is 5.29. The number of hydrogen-bond donors (Lipinski definition) is 0. The van der Waals surface area contributed by atoms with Crippen molar-refractivity contribution in [1.29, 1.82) is 0 Å². The first-order chi connectivity index (χ1) is 6.27. The second-order valence-electron chi connectivity index (χ2n) is 3.04. The summed E-state index contributed by atoms with van der Waals surface area (Å²) < 4.78 is 6.35. The average Bonchev–Trinajstić information content (AvgIpc) is 2.53. The van der Waals surface area contributed by atoms with Gasteiger partial charge in [0.05, 0.1) is 0 Å². The summed E-state index contributed by atoms with van der Waals surface area (Å²) >= 11 is 2.27. The van der Waals surface area contributed by atoms with Gasteiger partial charge in [0.25, 0.3) is 0 Å². The fourth-order valence-electron chi connectivity index (χ4n) is 1.48. The van der Waals surface area contributed by atoms with Crippen molar-refractivity contribution in [3.63, 3.8) is 0 Å². The third-order valence-electron chi connectivity index (χ3n) is 2.14. The summed E-state index contributed by atoms with van der Waals surface area (Å²) in [6.07, 6.45) is 1.36. The molecule has 1 heterocycles.